The van der Waals surface area contributed by atoms with E-state index in [4.69, 9.17) is 0 Å². The van der Waals surface area contributed by atoms with Gasteiger partial charge >= 0.3 is 0 Å². The van der Waals surface area contributed by atoms with Gasteiger partial charge in [-0.05, 0) is 41.5 Å². The first kappa shape index (κ1) is 12.1. The van der Waals surface area contributed by atoms with Gasteiger partial charge in [0.15, 0.2) is 0 Å². The summed E-state index contributed by atoms with van der Waals surface area (Å²) < 4.78 is 4.41. The van der Waals surface area contributed by atoms with Crippen LogP contribution >= 0.6 is 0 Å². The van der Waals surface area contributed by atoms with Crippen LogP contribution < -0.4 is 5.62 Å². The van der Waals surface area contributed by atoms with Crippen molar-refractivity contribution in [1.82, 2.24) is 9.13 Å². The maximum Gasteiger partial charge on any atom is 0.205 e. The lowest BCUT2D eigenvalue weighted by atomic mass is 10.1. The van der Waals surface area contributed by atoms with Crippen molar-refractivity contribution in [3.05, 3.63) is 18.0 Å². The largest absolute Gasteiger partial charge is 0.312 e. The van der Waals surface area contributed by atoms with E-state index in [0.717, 1.165) is 5.62 Å². The second-order valence-corrected chi connectivity index (χ2v) is 5.90. The molecule has 0 radical (unpaired) electrons. The molecule has 0 fully saturated rings. The van der Waals surface area contributed by atoms with E-state index in [9.17, 15) is 0 Å². The highest BCUT2D eigenvalue weighted by Crippen LogP contribution is 2.14. The van der Waals surface area contributed by atoms with Crippen molar-refractivity contribution in [3.63, 3.8) is 0 Å². The average molecular weight is 209 g/mol. The molecule has 1 aromatic heterocycles. The molecule has 0 bridgehead atoms. The van der Waals surface area contributed by atoms with Crippen LogP contribution in [0.4, 0.5) is 0 Å². The highest BCUT2D eigenvalue weighted by atomic mass is 15.2. The van der Waals surface area contributed by atoms with Gasteiger partial charge in [-0.25, -0.2) is 0 Å². The molecule has 3 nitrogen and oxygen atoms in total. The Morgan fingerprint density at radius 3 is 1.40 bits per heavy atom. The quantitative estimate of drug-likeness (QED) is 0.626. The van der Waals surface area contributed by atoms with E-state index in [1.54, 1.807) is 0 Å². The average Bonchev–Trinajstić information content (AvgIpc) is 2.43. The van der Waals surface area contributed by atoms with Gasteiger partial charge in [0.05, 0.1) is 0 Å². The molecule has 1 rings (SSSR count). The van der Waals surface area contributed by atoms with Crippen molar-refractivity contribution >= 4 is 0 Å². The molecule has 15 heavy (non-hydrogen) atoms. The molecular formula is C12H23N3. The molecule has 0 aliphatic rings. The molecule has 3 heteroatoms. The summed E-state index contributed by atoms with van der Waals surface area (Å²) in [6, 6.07) is 0. The minimum absolute atomic E-state index is 0.0747. The summed E-state index contributed by atoms with van der Waals surface area (Å²) in [4.78, 5) is 4.39. The third kappa shape index (κ3) is 2.33. The summed E-state index contributed by atoms with van der Waals surface area (Å²) in [5.41, 5.74) is 1.17. The SMILES string of the molecule is CN=c1n(C(C)(C)C)ccn1C(C)(C)C. The Labute approximate surface area is 92.5 Å². The molecule has 0 saturated heterocycles. The first-order valence-corrected chi connectivity index (χ1v) is 5.41. The van der Waals surface area contributed by atoms with Gasteiger partial charge in [-0.15, -0.1) is 0 Å². The number of hydrogen-bond donors (Lipinski definition) is 0. The Morgan fingerprint density at radius 2 is 1.20 bits per heavy atom. The zero-order valence-corrected chi connectivity index (χ0v) is 11.0. The van der Waals surface area contributed by atoms with Gasteiger partial charge in [-0.2, -0.15) is 0 Å². The van der Waals surface area contributed by atoms with Crippen LogP contribution in [0.5, 0.6) is 0 Å². The Balaban J connectivity index is 3.45. The second-order valence-electron chi connectivity index (χ2n) is 5.90. The molecule has 0 unspecified atom stereocenters. The van der Waals surface area contributed by atoms with Crippen molar-refractivity contribution in [3.8, 4) is 0 Å². The van der Waals surface area contributed by atoms with Gasteiger partial charge in [-0.1, -0.05) is 0 Å². The standard InChI is InChI=1S/C12H23N3/c1-11(2,3)14-8-9-15(10(14)13-7)12(4,5)6/h8-9H,1-7H3. The molecule has 0 aliphatic heterocycles. The molecule has 0 saturated carbocycles. The van der Waals surface area contributed by atoms with E-state index in [2.05, 4.69) is 68.1 Å². The van der Waals surface area contributed by atoms with E-state index in [-0.39, 0.29) is 11.1 Å². The number of nitrogens with zero attached hydrogens (tertiary/aromatic N) is 3. The first-order valence-electron chi connectivity index (χ1n) is 5.41. The monoisotopic (exact) mass is 209 g/mol. The second kappa shape index (κ2) is 3.54. The van der Waals surface area contributed by atoms with Crippen LogP contribution in [0.2, 0.25) is 0 Å². The Bertz CT molecular complexity index is 359. The van der Waals surface area contributed by atoms with Gasteiger partial charge in [0.2, 0.25) is 5.62 Å². The molecule has 1 aromatic rings. The molecule has 86 valence electrons. The maximum atomic E-state index is 4.39. The van der Waals surface area contributed by atoms with E-state index < -0.39 is 0 Å². The van der Waals surface area contributed by atoms with Crippen LogP contribution in [0.15, 0.2) is 17.4 Å². The molecule has 0 spiro atoms. The number of imidazole rings is 1. The Morgan fingerprint density at radius 1 is 0.867 bits per heavy atom. The fourth-order valence-corrected chi connectivity index (χ4v) is 1.65. The van der Waals surface area contributed by atoms with Crippen molar-refractivity contribution in [1.29, 1.82) is 0 Å². The summed E-state index contributed by atoms with van der Waals surface area (Å²) in [5.74, 6) is 0. The summed E-state index contributed by atoms with van der Waals surface area (Å²) >= 11 is 0. The lowest BCUT2D eigenvalue weighted by Crippen LogP contribution is -2.40. The van der Waals surface area contributed by atoms with Gasteiger partial charge in [-0.3, -0.25) is 4.99 Å². The highest BCUT2D eigenvalue weighted by molar-refractivity contribution is 4.91. The smallest absolute Gasteiger partial charge is 0.205 e. The molecule has 0 aliphatic carbocycles. The normalized spacial score (nSPS) is 13.0. The van der Waals surface area contributed by atoms with Crippen molar-refractivity contribution in [2.24, 2.45) is 4.99 Å². The minimum Gasteiger partial charge on any atom is -0.312 e. The zero-order chi connectivity index (χ0) is 11.9. The Kier molecular flexibility index (Phi) is 2.85. The summed E-state index contributed by atoms with van der Waals surface area (Å²) in [5, 5.41) is 0. The van der Waals surface area contributed by atoms with Crippen LogP contribution in [0, 0.1) is 0 Å². The van der Waals surface area contributed by atoms with Crippen LogP contribution in [0.1, 0.15) is 41.5 Å². The van der Waals surface area contributed by atoms with Crippen LogP contribution in [-0.2, 0) is 11.1 Å². The maximum absolute atomic E-state index is 4.39. The number of aromatic nitrogens is 2. The predicted octanol–water partition coefficient (Wildman–Crippen LogP) is 2.33. The molecule has 1 heterocycles. The first-order chi connectivity index (χ1) is 6.68. The van der Waals surface area contributed by atoms with E-state index in [1.807, 2.05) is 7.05 Å². The fourth-order valence-electron chi connectivity index (χ4n) is 1.65. The molecular weight excluding hydrogens is 186 g/mol. The van der Waals surface area contributed by atoms with Crippen molar-refractivity contribution < 1.29 is 0 Å². The van der Waals surface area contributed by atoms with E-state index >= 15 is 0 Å². The minimum atomic E-state index is 0.0747. The number of rotatable bonds is 0. The molecule has 0 N–H and O–H groups in total. The molecule has 0 atom stereocenters. The van der Waals surface area contributed by atoms with E-state index in [1.165, 1.54) is 0 Å². The zero-order valence-electron chi connectivity index (χ0n) is 11.0. The predicted molar refractivity (Wildman–Crippen MR) is 63.9 cm³/mol. The third-order valence-corrected chi connectivity index (χ3v) is 2.44. The van der Waals surface area contributed by atoms with Gasteiger partial charge in [0, 0.05) is 30.5 Å². The van der Waals surface area contributed by atoms with Crippen molar-refractivity contribution in [2.45, 2.75) is 52.6 Å². The molecule has 0 amide bonds. The molecule has 0 aromatic carbocycles. The Hall–Kier alpha value is -0.990. The van der Waals surface area contributed by atoms with Crippen LogP contribution in [0.3, 0.4) is 0 Å². The van der Waals surface area contributed by atoms with Crippen molar-refractivity contribution in [2.75, 3.05) is 7.05 Å². The van der Waals surface area contributed by atoms with Crippen LogP contribution in [0.25, 0.3) is 0 Å². The summed E-state index contributed by atoms with van der Waals surface area (Å²) in [7, 11) is 1.85. The van der Waals surface area contributed by atoms with Crippen LogP contribution in [-0.4, -0.2) is 16.2 Å². The third-order valence-electron chi connectivity index (χ3n) is 2.44. The number of hydrogen-bond acceptors (Lipinski definition) is 1. The lowest BCUT2D eigenvalue weighted by Gasteiger charge is -2.24. The lowest BCUT2D eigenvalue weighted by molar-refractivity contribution is 0.335. The van der Waals surface area contributed by atoms with Gasteiger partial charge in [0.1, 0.15) is 0 Å². The van der Waals surface area contributed by atoms with E-state index in [0.29, 0.717) is 0 Å². The summed E-state index contributed by atoms with van der Waals surface area (Å²) in [6.45, 7) is 13.1. The topological polar surface area (TPSA) is 22.2 Å². The highest BCUT2D eigenvalue weighted by Gasteiger charge is 2.20. The van der Waals surface area contributed by atoms with Gasteiger partial charge < -0.3 is 9.13 Å². The summed E-state index contributed by atoms with van der Waals surface area (Å²) in [6.07, 6.45) is 4.21. The fraction of sp³-hybridized carbons (Fsp3) is 0.750. The van der Waals surface area contributed by atoms with Gasteiger partial charge in [0.25, 0.3) is 0 Å².